The van der Waals surface area contributed by atoms with E-state index in [4.69, 9.17) is 0 Å². The van der Waals surface area contributed by atoms with Crippen LogP contribution in [0.3, 0.4) is 0 Å². The molecule has 1 atom stereocenters. The minimum atomic E-state index is -0.637. The van der Waals surface area contributed by atoms with Crippen molar-refractivity contribution in [1.82, 2.24) is 5.32 Å². The molecule has 0 aromatic rings. The Hall–Kier alpha value is -1.38. The second-order valence-corrected chi connectivity index (χ2v) is 2.75. The highest BCUT2D eigenvalue weighted by molar-refractivity contribution is 6.23. The fourth-order valence-corrected chi connectivity index (χ4v) is 0.992. The Balaban J connectivity index is 4.16. The Bertz CT molecular complexity index is 221. The van der Waals surface area contributed by atoms with Crippen molar-refractivity contribution in [1.29, 1.82) is 0 Å². The van der Waals surface area contributed by atoms with Crippen LogP contribution in [0.1, 0.15) is 19.8 Å². The molecule has 0 aliphatic rings. The smallest absolute Gasteiger partial charge is 0.284 e. The second-order valence-electron chi connectivity index (χ2n) is 2.75. The van der Waals surface area contributed by atoms with E-state index in [9.17, 15) is 9.59 Å². The molecule has 0 aliphatic heterocycles. The molecule has 13 heavy (non-hydrogen) atoms. The third kappa shape index (κ3) is 4.25. The summed E-state index contributed by atoms with van der Waals surface area (Å²) in [5, 5.41) is 2.48. The zero-order chi connectivity index (χ0) is 10.3. The molecule has 0 aromatic carbocycles. The molecule has 0 spiro atoms. The maximum absolute atomic E-state index is 10.7. The molecule has 3 nitrogen and oxygen atoms in total. The number of aldehydes is 1. The summed E-state index contributed by atoms with van der Waals surface area (Å²) in [6.45, 7) is 9.38. The van der Waals surface area contributed by atoms with Crippen molar-refractivity contribution in [3.63, 3.8) is 0 Å². The van der Waals surface area contributed by atoms with Crippen molar-refractivity contribution < 1.29 is 9.59 Å². The molecule has 1 amide bonds. The first-order valence-corrected chi connectivity index (χ1v) is 4.21. The van der Waals surface area contributed by atoms with E-state index in [2.05, 4.69) is 18.5 Å². The van der Waals surface area contributed by atoms with E-state index in [1.54, 1.807) is 6.08 Å². The van der Waals surface area contributed by atoms with Crippen molar-refractivity contribution in [2.24, 2.45) is 0 Å². The van der Waals surface area contributed by atoms with Crippen LogP contribution in [0.5, 0.6) is 0 Å². The number of carbonyl (C=O) groups excluding carboxylic acids is 2. The Morgan fingerprint density at radius 2 is 2.23 bits per heavy atom. The summed E-state index contributed by atoms with van der Waals surface area (Å²) in [5.41, 5.74) is 0.868. The van der Waals surface area contributed by atoms with Gasteiger partial charge in [-0.1, -0.05) is 31.6 Å². The second kappa shape index (κ2) is 6.17. The molecule has 0 fully saturated rings. The highest BCUT2D eigenvalue weighted by atomic mass is 16.2. The van der Waals surface area contributed by atoms with Gasteiger partial charge in [0.2, 0.25) is 6.29 Å². The van der Waals surface area contributed by atoms with Crippen LogP contribution >= 0.6 is 0 Å². The van der Waals surface area contributed by atoms with Crippen LogP contribution in [-0.2, 0) is 9.59 Å². The molecular formula is C10H15NO2. The van der Waals surface area contributed by atoms with Crippen molar-refractivity contribution >= 4 is 12.2 Å². The number of nitrogens with one attached hydrogen (secondary N) is 1. The zero-order valence-corrected chi connectivity index (χ0v) is 7.88. The maximum atomic E-state index is 10.7. The van der Waals surface area contributed by atoms with E-state index in [-0.39, 0.29) is 12.3 Å². The molecule has 0 radical (unpaired) electrons. The first kappa shape index (κ1) is 11.6. The van der Waals surface area contributed by atoms with Crippen molar-refractivity contribution in [2.45, 2.75) is 25.8 Å². The molecule has 0 saturated carbocycles. The third-order valence-corrected chi connectivity index (χ3v) is 1.65. The molecule has 1 unspecified atom stereocenters. The van der Waals surface area contributed by atoms with Crippen LogP contribution in [-0.4, -0.2) is 18.2 Å². The minimum Gasteiger partial charge on any atom is -0.340 e. The molecule has 0 rings (SSSR count). The van der Waals surface area contributed by atoms with Crippen molar-refractivity contribution in [3.05, 3.63) is 24.8 Å². The van der Waals surface area contributed by atoms with E-state index in [0.29, 0.717) is 0 Å². The van der Waals surface area contributed by atoms with Crippen LogP contribution in [0.4, 0.5) is 0 Å². The van der Waals surface area contributed by atoms with Crippen LogP contribution in [0.15, 0.2) is 24.8 Å². The summed E-state index contributed by atoms with van der Waals surface area (Å²) in [6, 6.07) is -0.294. The van der Waals surface area contributed by atoms with Gasteiger partial charge < -0.3 is 5.32 Å². The Morgan fingerprint density at radius 1 is 1.62 bits per heavy atom. The van der Waals surface area contributed by atoms with Gasteiger partial charge in [-0.2, -0.15) is 0 Å². The van der Waals surface area contributed by atoms with Crippen molar-refractivity contribution in [3.8, 4) is 0 Å². The summed E-state index contributed by atoms with van der Waals surface area (Å²) in [5.74, 6) is -0.637. The SMILES string of the molecule is C=CC(NC(=O)C=O)C(=C)CCC. The average Bonchev–Trinajstić information content (AvgIpc) is 2.14. The molecule has 0 heterocycles. The lowest BCUT2D eigenvalue weighted by Crippen LogP contribution is -2.35. The standard InChI is InChI=1S/C10H15NO2/c1-4-6-8(3)9(5-2)11-10(13)7-12/h5,7,9H,2-4,6H2,1H3,(H,11,13). The van der Waals surface area contributed by atoms with E-state index in [1.165, 1.54) is 0 Å². The number of hydrogen-bond acceptors (Lipinski definition) is 2. The highest BCUT2D eigenvalue weighted by Crippen LogP contribution is 2.07. The predicted molar refractivity (Wildman–Crippen MR) is 52.2 cm³/mol. The summed E-state index contributed by atoms with van der Waals surface area (Å²) in [6.07, 6.45) is 3.59. The van der Waals surface area contributed by atoms with Crippen LogP contribution < -0.4 is 5.32 Å². The molecule has 1 N–H and O–H groups in total. The van der Waals surface area contributed by atoms with Crippen molar-refractivity contribution in [2.75, 3.05) is 0 Å². The molecule has 3 heteroatoms. The lowest BCUT2D eigenvalue weighted by atomic mass is 10.0. The minimum absolute atomic E-state index is 0.246. The maximum Gasteiger partial charge on any atom is 0.284 e. The van der Waals surface area contributed by atoms with Gasteiger partial charge in [-0.3, -0.25) is 9.59 Å². The normalized spacial score (nSPS) is 11.5. The Morgan fingerprint density at radius 3 is 2.62 bits per heavy atom. The first-order valence-electron chi connectivity index (χ1n) is 4.21. The monoisotopic (exact) mass is 181 g/mol. The molecular weight excluding hydrogens is 166 g/mol. The topological polar surface area (TPSA) is 46.2 Å². The van der Waals surface area contributed by atoms with E-state index >= 15 is 0 Å². The van der Waals surface area contributed by atoms with E-state index in [1.807, 2.05) is 6.92 Å². The molecule has 0 aliphatic carbocycles. The first-order chi connectivity index (χ1) is 6.15. The van der Waals surface area contributed by atoms with Gasteiger partial charge in [0.05, 0.1) is 6.04 Å². The van der Waals surface area contributed by atoms with Gasteiger partial charge >= 0.3 is 0 Å². The van der Waals surface area contributed by atoms with Crippen LogP contribution in [0.2, 0.25) is 0 Å². The molecule has 0 saturated heterocycles. The van der Waals surface area contributed by atoms with Gasteiger partial charge in [0, 0.05) is 0 Å². The van der Waals surface area contributed by atoms with Crippen LogP contribution in [0, 0.1) is 0 Å². The molecule has 0 aromatic heterocycles. The van der Waals surface area contributed by atoms with E-state index in [0.717, 1.165) is 18.4 Å². The van der Waals surface area contributed by atoms with Crippen LogP contribution in [0.25, 0.3) is 0 Å². The van der Waals surface area contributed by atoms with E-state index < -0.39 is 5.91 Å². The van der Waals surface area contributed by atoms with Gasteiger partial charge in [-0.25, -0.2) is 0 Å². The summed E-state index contributed by atoms with van der Waals surface area (Å²) in [7, 11) is 0. The lowest BCUT2D eigenvalue weighted by Gasteiger charge is -2.15. The zero-order valence-electron chi connectivity index (χ0n) is 7.88. The average molecular weight is 181 g/mol. The number of hydrogen-bond donors (Lipinski definition) is 1. The number of carbonyl (C=O) groups is 2. The molecule has 72 valence electrons. The summed E-state index contributed by atoms with van der Waals surface area (Å²) < 4.78 is 0. The third-order valence-electron chi connectivity index (χ3n) is 1.65. The van der Waals surface area contributed by atoms with Gasteiger partial charge in [0.1, 0.15) is 0 Å². The molecule has 0 bridgehead atoms. The van der Waals surface area contributed by atoms with Gasteiger partial charge in [0.15, 0.2) is 0 Å². The number of rotatable bonds is 6. The van der Waals surface area contributed by atoms with Gasteiger partial charge in [0.25, 0.3) is 5.91 Å². The fourth-order valence-electron chi connectivity index (χ4n) is 0.992. The fraction of sp³-hybridized carbons (Fsp3) is 0.400. The summed E-state index contributed by atoms with van der Waals surface area (Å²) in [4.78, 5) is 20.8. The van der Waals surface area contributed by atoms with Gasteiger partial charge in [-0.15, -0.1) is 6.58 Å². The number of amides is 1. The van der Waals surface area contributed by atoms with Gasteiger partial charge in [-0.05, 0) is 6.42 Å². The Kier molecular flexibility index (Phi) is 5.52. The highest BCUT2D eigenvalue weighted by Gasteiger charge is 2.09. The summed E-state index contributed by atoms with van der Waals surface area (Å²) >= 11 is 0. The predicted octanol–water partition coefficient (Wildman–Crippen LogP) is 1.21. The quantitative estimate of drug-likeness (QED) is 0.380. The Labute approximate surface area is 78.5 Å². The lowest BCUT2D eigenvalue weighted by molar-refractivity contribution is -0.131. The largest absolute Gasteiger partial charge is 0.340 e.